The normalized spacial score (nSPS) is 11.1. The van der Waals surface area contributed by atoms with Gasteiger partial charge in [-0.15, -0.1) is 0 Å². The lowest BCUT2D eigenvalue weighted by Crippen LogP contribution is -2.05. The SMILES string of the molecule is COc1cc(Nc2ncnc3c2nc(-c2cccc(N)c2)n3C(C)C)cc(OC)c1OC. The lowest BCUT2D eigenvalue weighted by molar-refractivity contribution is 0.324. The predicted octanol–water partition coefficient (Wildman–Crippen LogP) is 4.43. The van der Waals surface area contributed by atoms with Crippen molar-refractivity contribution in [1.29, 1.82) is 0 Å². The number of benzene rings is 2. The fourth-order valence-electron chi connectivity index (χ4n) is 3.66. The van der Waals surface area contributed by atoms with E-state index >= 15 is 0 Å². The van der Waals surface area contributed by atoms with Crippen LogP contribution in [0.15, 0.2) is 42.7 Å². The summed E-state index contributed by atoms with van der Waals surface area (Å²) in [6.45, 7) is 4.18. The van der Waals surface area contributed by atoms with E-state index < -0.39 is 0 Å². The van der Waals surface area contributed by atoms with E-state index in [1.54, 1.807) is 21.3 Å². The zero-order chi connectivity index (χ0) is 22.8. The van der Waals surface area contributed by atoms with Gasteiger partial charge in [0.15, 0.2) is 28.5 Å². The molecule has 0 aliphatic carbocycles. The predicted molar refractivity (Wildman–Crippen MR) is 125 cm³/mol. The molecule has 0 saturated heterocycles. The van der Waals surface area contributed by atoms with Crippen molar-refractivity contribution in [2.75, 3.05) is 32.4 Å². The van der Waals surface area contributed by atoms with Crippen LogP contribution in [0, 0.1) is 0 Å². The molecule has 166 valence electrons. The number of ether oxygens (including phenoxy) is 3. The molecule has 9 heteroatoms. The summed E-state index contributed by atoms with van der Waals surface area (Å²) in [5.74, 6) is 2.92. The third kappa shape index (κ3) is 3.73. The van der Waals surface area contributed by atoms with Crippen LogP contribution in [0.3, 0.4) is 0 Å². The van der Waals surface area contributed by atoms with Gasteiger partial charge in [0.25, 0.3) is 0 Å². The summed E-state index contributed by atoms with van der Waals surface area (Å²) < 4.78 is 18.4. The molecule has 32 heavy (non-hydrogen) atoms. The molecule has 0 bridgehead atoms. The molecular formula is C23H26N6O3. The van der Waals surface area contributed by atoms with Crippen LogP contribution in [-0.2, 0) is 0 Å². The Morgan fingerprint density at radius 1 is 0.969 bits per heavy atom. The van der Waals surface area contributed by atoms with E-state index in [9.17, 15) is 0 Å². The third-order valence-corrected chi connectivity index (χ3v) is 5.07. The van der Waals surface area contributed by atoms with Crippen LogP contribution in [-0.4, -0.2) is 40.8 Å². The van der Waals surface area contributed by atoms with Crippen LogP contribution >= 0.6 is 0 Å². The molecule has 0 spiro atoms. The lowest BCUT2D eigenvalue weighted by Gasteiger charge is -2.15. The first kappa shape index (κ1) is 21.2. The smallest absolute Gasteiger partial charge is 0.203 e. The van der Waals surface area contributed by atoms with Crippen molar-refractivity contribution in [1.82, 2.24) is 19.5 Å². The number of hydrogen-bond acceptors (Lipinski definition) is 8. The average Bonchev–Trinajstić information content (AvgIpc) is 3.19. The van der Waals surface area contributed by atoms with E-state index in [2.05, 4.69) is 33.7 Å². The van der Waals surface area contributed by atoms with Gasteiger partial charge in [0.1, 0.15) is 12.2 Å². The van der Waals surface area contributed by atoms with Gasteiger partial charge in [0.2, 0.25) is 5.75 Å². The summed E-state index contributed by atoms with van der Waals surface area (Å²) in [6.07, 6.45) is 1.52. The zero-order valence-electron chi connectivity index (χ0n) is 18.7. The van der Waals surface area contributed by atoms with Gasteiger partial charge in [-0.1, -0.05) is 12.1 Å². The molecular weight excluding hydrogens is 408 g/mol. The van der Waals surface area contributed by atoms with Gasteiger partial charge in [-0.05, 0) is 26.0 Å². The van der Waals surface area contributed by atoms with E-state index in [-0.39, 0.29) is 6.04 Å². The second-order valence-corrected chi connectivity index (χ2v) is 7.46. The molecule has 4 aromatic rings. The van der Waals surface area contributed by atoms with E-state index in [1.165, 1.54) is 6.33 Å². The van der Waals surface area contributed by atoms with Crippen molar-refractivity contribution in [2.24, 2.45) is 0 Å². The van der Waals surface area contributed by atoms with Gasteiger partial charge in [0.05, 0.1) is 21.3 Å². The lowest BCUT2D eigenvalue weighted by atomic mass is 10.2. The summed E-state index contributed by atoms with van der Waals surface area (Å²) in [5, 5.41) is 3.32. The molecule has 0 saturated carbocycles. The number of fused-ring (bicyclic) bond motifs is 1. The Labute approximate surface area is 186 Å². The maximum atomic E-state index is 6.02. The minimum absolute atomic E-state index is 0.125. The Balaban J connectivity index is 1.86. The Bertz CT molecular complexity index is 1240. The third-order valence-electron chi connectivity index (χ3n) is 5.07. The quantitative estimate of drug-likeness (QED) is 0.411. The summed E-state index contributed by atoms with van der Waals surface area (Å²) in [4.78, 5) is 13.9. The topological polar surface area (TPSA) is 109 Å². The van der Waals surface area contributed by atoms with Crippen molar-refractivity contribution in [3.63, 3.8) is 0 Å². The maximum Gasteiger partial charge on any atom is 0.203 e. The van der Waals surface area contributed by atoms with Crippen molar-refractivity contribution in [3.05, 3.63) is 42.7 Å². The number of nitrogens with one attached hydrogen (secondary N) is 1. The van der Waals surface area contributed by atoms with Gasteiger partial charge in [-0.25, -0.2) is 15.0 Å². The van der Waals surface area contributed by atoms with Gasteiger partial charge >= 0.3 is 0 Å². The highest BCUT2D eigenvalue weighted by molar-refractivity contribution is 5.89. The van der Waals surface area contributed by atoms with Gasteiger partial charge in [-0.2, -0.15) is 0 Å². The Morgan fingerprint density at radius 2 is 1.69 bits per heavy atom. The van der Waals surface area contributed by atoms with E-state index in [0.717, 1.165) is 17.0 Å². The number of aromatic nitrogens is 4. The first-order valence-electron chi connectivity index (χ1n) is 10.1. The molecule has 0 atom stereocenters. The zero-order valence-corrected chi connectivity index (χ0v) is 18.7. The summed E-state index contributed by atoms with van der Waals surface area (Å²) in [7, 11) is 4.72. The largest absolute Gasteiger partial charge is 0.493 e. The van der Waals surface area contributed by atoms with Gasteiger partial charge in [-0.3, -0.25) is 0 Å². The molecule has 3 N–H and O–H groups in total. The van der Waals surface area contributed by atoms with Crippen molar-refractivity contribution in [2.45, 2.75) is 19.9 Å². The van der Waals surface area contributed by atoms with Crippen LogP contribution in [0.2, 0.25) is 0 Å². The number of imidazole rings is 1. The Hall–Kier alpha value is -4.01. The highest BCUT2D eigenvalue weighted by Gasteiger charge is 2.20. The summed E-state index contributed by atoms with van der Waals surface area (Å²) in [5.41, 5.74) is 9.68. The first-order valence-corrected chi connectivity index (χ1v) is 10.1. The highest BCUT2D eigenvalue weighted by Crippen LogP contribution is 2.41. The van der Waals surface area contributed by atoms with Crippen LogP contribution in [0.25, 0.3) is 22.6 Å². The molecule has 2 heterocycles. The number of methoxy groups -OCH3 is 3. The molecule has 2 aromatic carbocycles. The van der Waals surface area contributed by atoms with Crippen LogP contribution in [0.4, 0.5) is 17.2 Å². The fourth-order valence-corrected chi connectivity index (χ4v) is 3.66. The second kappa shape index (κ2) is 8.62. The maximum absolute atomic E-state index is 6.02. The minimum Gasteiger partial charge on any atom is -0.493 e. The summed E-state index contributed by atoms with van der Waals surface area (Å²) >= 11 is 0. The molecule has 0 radical (unpaired) electrons. The molecule has 2 aromatic heterocycles. The number of nitrogens with two attached hydrogens (primary N) is 1. The highest BCUT2D eigenvalue weighted by atomic mass is 16.5. The van der Waals surface area contributed by atoms with Gasteiger partial charge < -0.3 is 29.8 Å². The Morgan fingerprint density at radius 3 is 2.28 bits per heavy atom. The van der Waals surface area contributed by atoms with Crippen LogP contribution in [0.5, 0.6) is 17.2 Å². The fraction of sp³-hybridized carbons (Fsp3) is 0.261. The summed E-state index contributed by atoms with van der Waals surface area (Å²) in [6, 6.07) is 11.4. The standard InChI is InChI=1S/C23H26N6O3/c1-13(2)29-22(14-7-6-8-15(24)9-14)28-19-21(25-12-26-23(19)29)27-16-10-17(30-3)20(32-5)18(11-16)31-4/h6-13H,24H2,1-5H3,(H,25,26,27). The first-order chi connectivity index (χ1) is 15.5. The second-order valence-electron chi connectivity index (χ2n) is 7.46. The van der Waals surface area contributed by atoms with Crippen LogP contribution < -0.4 is 25.3 Å². The molecule has 0 aliphatic rings. The number of hydrogen-bond donors (Lipinski definition) is 2. The monoisotopic (exact) mass is 434 g/mol. The molecule has 0 aliphatic heterocycles. The van der Waals surface area contributed by atoms with E-state index in [4.69, 9.17) is 24.9 Å². The van der Waals surface area contributed by atoms with E-state index in [0.29, 0.717) is 40.0 Å². The number of rotatable bonds is 7. The van der Waals surface area contributed by atoms with Crippen molar-refractivity contribution >= 4 is 28.4 Å². The average molecular weight is 435 g/mol. The molecule has 9 nitrogen and oxygen atoms in total. The molecule has 4 rings (SSSR count). The molecule has 0 fully saturated rings. The van der Waals surface area contributed by atoms with Crippen molar-refractivity contribution < 1.29 is 14.2 Å². The Kier molecular flexibility index (Phi) is 5.72. The van der Waals surface area contributed by atoms with E-state index in [1.807, 2.05) is 36.4 Å². The van der Waals surface area contributed by atoms with Crippen LogP contribution in [0.1, 0.15) is 19.9 Å². The molecule has 0 unspecified atom stereocenters. The number of nitrogen functional groups attached to an aromatic ring is 1. The number of anilines is 3. The van der Waals surface area contributed by atoms with Crippen molar-refractivity contribution in [3.8, 4) is 28.6 Å². The van der Waals surface area contributed by atoms with Gasteiger partial charge in [0, 0.05) is 35.1 Å². The molecule has 0 amide bonds. The number of nitrogens with zero attached hydrogens (tertiary/aromatic N) is 4. The minimum atomic E-state index is 0.125.